The molecule has 0 fully saturated rings. The Kier molecular flexibility index (Phi) is 3.29. The number of hydrogen-bond acceptors (Lipinski definition) is 4. The van der Waals surface area contributed by atoms with E-state index in [1.54, 1.807) is 0 Å². The second kappa shape index (κ2) is 5.13. The highest BCUT2D eigenvalue weighted by Gasteiger charge is 2.12. The molecule has 0 amide bonds. The largest absolute Gasteiger partial charge is 0.439 e. The highest BCUT2D eigenvalue weighted by molar-refractivity contribution is 5.85. The smallest absolute Gasteiger partial charge is 0.215 e. The van der Waals surface area contributed by atoms with Gasteiger partial charge in [-0.3, -0.25) is 0 Å². The zero-order valence-electron chi connectivity index (χ0n) is 12.6. The highest BCUT2D eigenvalue weighted by Crippen LogP contribution is 2.25. The van der Waals surface area contributed by atoms with Gasteiger partial charge in [-0.2, -0.15) is 0 Å². The summed E-state index contributed by atoms with van der Waals surface area (Å²) in [6.07, 6.45) is 0. The monoisotopic (exact) mass is 281 g/mol. The lowest BCUT2D eigenvalue weighted by Gasteiger charge is -2.20. The van der Waals surface area contributed by atoms with E-state index in [2.05, 4.69) is 41.9 Å². The van der Waals surface area contributed by atoms with Gasteiger partial charge in [0.15, 0.2) is 5.58 Å². The molecule has 2 aromatic carbocycles. The van der Waals surface area contributed by atoms with Gasteiger partial charge in [-0.05, 0) is 37.6 Å². The molecule has 4 nitrogen and oxygen atoms in total. The fraction of sp³-hybridized carbons (Fsp3) is 0.235. The number of benzene rings is 2. The van der Waals surface area contributed by atoms with Crippen LogP contribution in [0.4, 0.5) is 11.4 Å². The molecule has 0 aliphatic heterocycles. The summed E-state index contributed by atoms with van der Waals surface area (Å²) in [5.41, 5.74) is 11.7. The van der Waals surface area contributed by atoms with E-state index < -0.39 is 0 Å². The molecule has 21 heavy (non-hydrogen) atoms. The normalized spacial score (nSPS) is 11.0. The van der Waals surface area contributed by atoms with Gasteiger partial charge in [0.25, 0.3) is 0 Å². The molecule has 1 aromatic heterocycles. The third-order valence-corrected chi connectivity index (χ3v) is 3.63. The first-order valence-electron chi connectivity index (χ1n) is 6.97. The lowest BCUT2D eigenvalue weighted by atomic mass is 10.1. The quantitative estimate of drug-likeness (QED) is 0.744. The van der Waals surface area contributed by atoms with Crippen molar-refractivity contribution in [3.63, 3.8) is 0 Å². The molecule has 0 radical (unpaired) electrons. The molecule has 1 heterocycles. The summed E-state index contributed by atoms with van der Waals surface area (Å²) in [6.45, 7) is 4.82. The topological polar surface area (TPSA) is 55.3 Å². The van der Waals surface area contributed by atoms with Gasteiger partial charge < -0.3 is 15.1 Å². The van der Waals surface area contributed by atoms with Crippen molar-refractivity contribution < 1.29 is 4.42 Å². The lowest BCUT2D eigenvalue weighted by molar-refractivity contribution is 0.527. The lowest BCUT2D eigenvalue weighted by Crippen LogP contribution is -2.17. The van der Waals surface area contributed by atoms with Crippen LogP contribution in [0.5, 0.6) is 0 Å². The van der Waals surface area contributed by atoms with Crippen molar-refractivity contribution in [1.82, 2.24) is 4.98 Å². The average Bonchev–Trinajstić information content (AvgIpc) is 2.82. The SMILES string of the molecule is Cc1ccc(N(C)Cc2nc3c(N)cccc3o2)c(C)c1. The third kappa shape index (κ3) is 2.57. The van der Waals surface area contributed by atoms with Gasteiger partial charge >= 0.3 is 0 Å². The van der Waals surface area contributed by atoms with Gasteiger partial charge in [0.05, 0.1) is 12.2 Å². The van der Waals surface area contributed by atoms with Crippen molar-refractivity contribution in [2.75, 3.05) is 17.7 Å². The molecule has 0 saturated carbocycles. The maximum absolute atomic E-state index is 5.92. The van der Waals surface area contributed by atoms with Crippen LogP contribution in [-0.2, 0) is 6.54 Å². The average molecular weight is 281 g/mol. The van der Waals surface area contributed by atoms with Crippen LogP contribution in [0.25, 0.3) is 11.1 Å². The molecule has 3 rings (SSSR count). The van der Waals surface area contributed by atoms with Gasteiger partial charge in [0.2, 0.25) is 5.89 Å². The summed E-state index contributed by atoms with van der Waals surface area (Å²) in [4.78, 5) is 6.63. The van der Waals surface area contributed by atoms with E-state index in [1.807, 2.05) is 25.2 Å². The van der Waals surface area contributed by atoms with Crippen LogP contribution >= 0.6 is 0 Å². The summed E-state index contributed by atoms with van der Waals surface area (Å²) in [5.74, 6) is 0.672. The molecule has 0 unspecified atom stereocenters. The van der Waals surface area contributed by atoms with E-state index >= 15 is 0 Å². The van der Waals surface area contributed by atoms with Crippen LogP contribution in [0.2, 0.25) is 0 Å². The van der Waals surface area contributed by atoms with Gasteiger partial charge in [-0.15, -0.1) is 0 Å². The molecule has 0 spiro atoms. The Bertz CT molecular complexity index is 792. The third-order valence-electron chi connectivity index (χ3n) is 3.63. The summed E-state index contributed by atoms with van der Waals surface area (Å²) in [6, 6.07) is 12.0. The minimum atomic E-state index is 0.609. The number of hydrogen-bond donors (Lipinski definition) is 1. The maximum Gasteiger partial charge on any atom is 0.215 e. The molecular formula is C17H19N3O. The summed E-state index contributed by atoms with van der Waals surface area (Å²) >= 11 is 0. The number of oxazole rings is 1. The molecule has 0 aliphatic rings. The Morgan fingerprint density at radius 3 is 2.71 bits per heavy atom. The predicted molar refractivity (Wildman–Crippen MR) is 86.4 cm³/mol. The first kappa shape index (κ1) is 13.5. The first-order valence-corrected chi connectivity index (χ1v) is 6.97. The molecule has 3 aromatic rings. The standard InChI is InChI=1S/C17H19N3O/c1-11-7-8-14(12(2)9-11)20(3)10-16-19-17-13(18)5-4-6-15(17)21-16/h4-9H,10,18H2,1-3H3. The first-order chi connectivity index (χ1) is 10.0. The van der Waals surface area contributed by atoms with Gasteiger partial charge in [0, 0.05) is 12.7 Å². The van der Waals surface area contributed by atoms with Crippen LogP contribution in [0, 0.1) is 13.8 Å². The van der Waals surface area contributed by atoms with E-state index in [9.17, 15) is 0 Å². The van der Waals surface area contributed by atoms with Crippen molar-refractivity contribution in [3.8, 4) is 0 Å². The second-order valence-electron chi connectivity index (χ2n) is 5.45. The summed E-state index contributed by atoms with van der Waals surface area (Å²) < 4.78 is 5.77. The van der Waals surface area contributed by atoms with E-state index in [0.29, 0.717) is 18.1 Å². The Morgan fingerprint density at radius 2 is 2.00 bits per heavy atom. The molecule has 0 bridgehead atoms. The van der Waals surface area contributed by atoms with Crippen molar-refractivity contribution in [2.45, 2.75) is 20.4 Å². The van der Waals surface area contributed by atoms with E-state index in [-0.39, 0.29) is 0 Å². The number of nitrogens with zero attached hydrogens (tertiary/aromatic N) is 2. The van der Waals surface area contributed by atoms with E-state index in [4.69, 9.17) is 10.2 Å². The Hall–Kier alpha value is -2.49. The van der Waals surface area contributed by atoms with Gasteiger partial charge in [-0.25, -0.2) is 4.98 Å². The Morgan fingerprint density at radius 1 is 1.19 bits per heavy atom. The van der Waals surface area contributed by atoms with Crippen molar-refractivity contribution in [1.29, 1.82) is 0 Å². The maximum atomic E-state index is 5.92. The minimum absolute atomic E-state index is 0.609. The van der Waals surface area contributed by atoms with Crippen molar-refractivity contribution >= 4 is 22.5 Å². The molecule has 0 saturated heterocycles. The highest BCUT2D eigenvalue weighted by atomic mass is 16.3. The predicted octanol–water partition coefficient (Wildman–Crippen LogP) is 3.66. The number of para-hydroxylation sites is 1. The summed E-state index contributed by atoms with van der Waals surface area (Å²) in [5, 5.41) is 0. The number of aromatic nitrogens is 1. The van der Waals surface area contributed by atoms with E-state index in [0.717, 1.165) is 11.1 Å². The number of fused-ring (bicyclic) bond motifs is 1. The molecule has 0 aliphatic carbocycles. The van der Waals surface area contributed by atoms with Crippen LogP contribution in [0.3, 0.4) is 0 Å². The molecule has 2 N–H and O–H groups in total. The molecule has 108 valence electrons. The van der Waals surface area contributed by atoms with Gasteiger partial charge in [-0.1, -0.05) is 23.8 Å². The molecule has 0 atom stereocenters. The van der Waals surface area contributed by atoms with E-state index in [1.165, 1.54) is 16.8 Å². The Labute approximate surface area is 124 Å². The number of nitrogens with two attached hydrogens (primary N) is 1. The molecular weight excluding hydrogens is 262 g/mol. The van der Waals surface area contributed by atoms with Crippen LogP contribution in [0.15, 0.2) is 40.8 Å². The zero-order chi connectivity index (χ0) is 15.0. The Balaban J connectivity index is 1.89. The summed E-state index contributed by atoms with van der Waals surface area (Å²) in [7, 11) is 2.04. The minimum Gasteiger partial charge on any atom is -0.439 e. The number of anilines is 2. The fourth-order valence-electron chi connectivity index (χ4n) is 2.61. The van der Waals surface area contributed by atoms with Crippen molar-refractivity contribution in [3.05, 3.63) is 53.4 Å². The fourth-order valence-corrected chi connectivity index (χ4v) is 2.61. The van der Waals surface area contributed by atoms with Crippen LogP contribution < -0.4 is 10.6 Å². The number of rotatable bonds is 3. The van der Waals surface area contributed by atoms with Crippen LogP contribution in [-0.4, -0.2) is 12.0 Å². The number of nitrogen functional groups attached to an aromatic ring is 1. The van der Waals surface area contributed by atoms with Gasteiger partial charge in [0.1, 0.15) is 5.52 Å². The zero-order valence-corrected chi connectivity index (χ0v) is 12.6. The van der Waals surface area contributed by atoms with Crippen molar-refractivity contribution in [2.24, 2.45) is 0 Å². The second-order valence-corrected chi connectivity index (χ2v) is 5.45. The van der Waals surface area contributed by atoms with Crippen LogP contribution in [0.1, 0.15) is 17.0 Å². The number of aryl methyl sites for hydroxylation is 2. The molecule has 4 heteroatoms.